The van der Waals surface area contributed by atoms with Crippen molar-refractivity contribution >= 4 is 25.7 Å². The van der Waals surface area contributed by atoms with Gasteiger partial charge in [0.25, 0.3) is 0 Å². The molecule has 0 aromatic carbocycles. The monoisotopic (exact) mass is 1030 g/mol. The van der Waals surface area contributed by atoms with E-state index in [1.54, 1.807) is 0 Å². The van der Waals surface area contributed by atoms with E-state index >= 15 is 0 Å². The van der Waals surface area contributed by atoms with Crippen LogP contribution in [0, 0.1) is 0 Å². The summed E-state index contributed by atoms with van der Waals surface area (Å²) in [6.07, 6.45) is 60.0. The van der Waals surface area contributed by atoms with Gasteiger partial charge in [-0.2, -0.15) is 0 Å². The summed E-state index contributed by atoms with van der Waals surface area (Å²) in [7, 11) is -4.76. The fourth-order valence-electron chi connectivity index (χ4n) is 7.69. The van der Waals surface area contributed by atoms with Gasteiger partial charge in [-0.3, -0.25) is 23.4 Å². The van der Waals surface area contributed by atoms with Gasteiger partial charge < -0.3 is 24.2 Å². The van der Waals surface area contributed by atoms with Crippen LogP contribution < -0.4 is 0 Å². The van der Waals surface area contributed by atoms with Crippen LogP contribution in [0.4, 0.5) is 0 Å². The number of aliphatic hydroxyl groups is 1. The first kappa shape index (κ1) is 68.9. The van der Waals surface area contributed by atoms with Crippen molar-refractivity contribution < 1.29 is 52.2 Å². The number of hydrogen-bond acceptors (Lipinski definition) is 10. The molecular formula is C60H105O11P. The highest BCUT2D eigenvalue weighted by Crippen LogP contribution is 2.43. The summed E-state index contributed by atoms with van der Waals surface area (Å²) < 4.78 is 39.5. The molecule has 416 valence electrons. The molecule has 0 aliphatic rings. The molecule has 0 radical (unpaired) electrons. The highest BCUT2D eigenvalue weighted by Gasteiger charge is 2.28. The highest BCUT2D eigenvalue weighted by molar-refractivity contribution is 7.47. The number of phosphoric acid groups is 1. The number of phosphoric ester groups is 1. The molecule has 0 heterocycles. The minimum atomic E-state index is -4.76. The Kier molecular flexibility index (Phi) is 51.9. The van der Waals surface area contributed by atoms with Gasteiger partial charge in [-0.1, -0.05) is 196 Å². The topological polar surface area (TPSA) is 155 Å². The number of rotatable bonds is 53. The maximum absolute atomic E-state index is 12.9. The van der Waals surface area contributed by atoms with Gasteiger partial charge in [-0.15, -0.1) is 0 Å². The first-order valence-electron chi connectivity index (χ1n) is 28.8. The van der Waals surface area contributed by atoms with Crippen LogP contribution in [0.1, 0.15) is 252 Å². The molecule has 0 fully saturated rings. The molecule has 0 aromatic heterocycles. The van der Waals surface area contributed by atoms with Crippen molar-refractivity contribution in [3.05, 3.63) is 72.9 Å². The van der Waals surface area contributed by atoms with E-state index in [0.29, 0.717) is 19.3 Å². The van der Waals surface area contributed by atoms with Crippen LogP contribution in [0.25, 0.3) is 0 Å². The van der Waals surface area contributed by atoms with E-state index in [9.17, 15) is 28.9 Å². The third kappa shape index (κ3) is 51.8. The zero-order chi connectivity index (χ0) is 52.7. The predicted molar refractivity (Wildman–Crippen MR) is 298 cm³/mol. The van der Waals surface area contributed by atoms with Crippen molar-refractivity contribution in [1.82, 2.24) is 0 Å². The summed E-state index contributed by atoms with van der Waals surface area (Å²) in [4.78, 5) is 48.5. The molecule has 0 saturated heterocycles. The highest BCUT2D eigenvalue weighted by atomic mass is 31.2. The Labute approximate surface area is 439 Å². The second-order valence-electron chi connectivity index (χ2n) is 19.1. The van der Waals surface area contributed by atoms with Crippen molar-refractivity contribution in [2.45, 2.75) is 264 Å². The number of aliphatic hydroxyl groups excluding tert-OH is 1. The summed E-state index contributed by atoms with van der Waals surface area (Å²) in [6.45, 7) is 4.46. The largest absolute Gasteiger partial charge is 0.472 e. The number of ether oxygens (including phenoxy) is 3. The Morgan fingerprint density at radius 2 is 0.722 bits per heavy atom. The molecule has 12 heteroatoms. The third-order valence-electron chi connectivity index (χ3n) is 12.1. The summed E-state index contributed by atoms with van der Waals surface area (Å²) in [5.41, 5.74) is 0. The average Bonchev–Trinajstić information content (AvgIpc) is 3.37. The van der Waals surface area contributed by atoms with E-state index in [1.165, 1.54) is 83.5 Å². The van der Waals surface area contributed by atoms with Gasteiger partial charge in [0.1, 0.15) is 12.7 Å². The second kappa shape index (κ2) is 54.2. The smallest absolute Gasteiger partial charge is 0.462 e. The lowest BCUT2D eigenvalue weighted by atomic mass is 10.1. The van der Waals surface area contributed by atoms with E-state index in [0.717, 1.165) is 109 Å². The lowest BCUT2D eigenvalue weighted by Gasteiger charge is -2.21. The molecule has 3 atom stereocenters. The first-order valence-corrected chi connectivity index (χ1v) is 30.3. The number of unbranched alkanes of at least 4 members (excludes halogenated alkanes) is 24. The predicted octanol–water partition coefficient (Wildman–Crippen LogP) is 16.9. The molecular weight excluding hydrogens is 928 g/mol. The van der Waals surface area contributed by atoms with E-state index in [-0.39, 0.29) is 25.9 Å². The molecule has 0 rings (SSSR count). The van der Waals surface area contributed by atoms with Crippen LogP contribution in [0.15, 0.2) is 72.9 Å². The van der Waals surface area contributed by atoms with Crippen molar-refractivity contribution in [3.63, 3.8) is 0 Å². The zero-order valence-corrected chi connectivity index (χ0v) is 46.8. The molecule has 0 aliphatic carbocycles. The Hall–Kier alpha value is -3.08. The summed E-state index contributed by atoms with van der Waals surface area (Å²) in [6, 6.07) is 0. The van der Waals surface area contributed by atoms with Crippen LogP contribution in [0.2, 0.25) is 0 Å². The van der Waals surface area contributed by atoms with E-state index in [1.807, 2.05) is 0 Å². The zero-order valence-electron chi connectivity index (χ0n) is 45.9. The van der Waals surface area contributed by atoms with Gasteiger partial charge in [0.05, 0.1) is 19.8 Å². The van der Waals surface area contributed by atoms with Gasteiger partial charge in [0, 0.05) is 19.3 Å². The minimum Gasteiger partial charge on any atom is -0.462 e. The standard InChI is InChI=1S/C60H105O11P/c1-4-7-10-13-16-19-22-25-27-28-30-33-36-39-42-45-48-51-60(64)71-57(53-67-58(62)49-46-43-40-37-34-31-24-21-18-15-12-9-6-3)55-69-72(65,66)68-54-56(52-61)70-59(63)50-47-44-41-38-35-32-29-26-23-20-17-14-11-8-5-2/h8,11,17,20-21,24-27,29,35,38,56-57,61H,4-7,9-10,12-16,18-19,22-23,28,30-34,36-37,39-55H2,1-3H3,(H,65,66)/b11-8-,20-17-,24-21-,27-25-,29-26-,38-35-. The number of esters is 3. The molecule has 0 aromatic rings. The Morgan fingerprint density at radius 3 is 1.17 bits per heavy atom. The summed E-state index contributed by atoms with van der Waals surface area (Å²) in [5, 5.41) is 9.80. The van der Waals surface area contributed by atoms with E-state index in [4.69, 9.17) is 23.3 Å². The average molecular weight is 1030 g/mol. The molecule has 3 unspecified atom stereocenters. The van der Waals surface area contributed by atoms with E-state index < -0.39 is 57.8 Å². The normalized spacial score (nSPS) is 13.9. The SMILES string of the molecule is CC/C=C\C/C=C\C/C=C\C/C=C\CCCCC(=O)OC(CO)COP(=O)(O)OCC(COC(=O)CCCCCCC/C=C\CCCCCC)OC(=O)CCCCCCCCC/C=C\CCCCCCCC. The number of allylic oxidation sites excluding steroid dienone is 12. The fourth-order valence-corrected chi connectivity index (χ4v) is 8.47. The van der Waals surface area contributed by atoms with Gasteiger partial charge in [0.2, 0.25) is 0 Å². The molecule has 11 nitrogen and oxygen atoms in total. The fraction of sp³-hybridized carbons (Fsp3) is 0.750. The quantitative estimate of drug-likeness (QED) is 0.0197. The van der Waals surface area contributed by atoms with Gasteiger partial charge in [-0.25, -0.2) is 4.57 Å². The maximum atomic E-state index is 12.9. The van der Waals surface area contributed by atoms with Crippen LogP contribution in [0.3, 0.4) is 0 Å². The molecule has 2 N–H and O–H groups in total. The molecule has 0 bridgehead atoms. The molecule has 0 amide bonds. The van der Waals surface area contributed by atoms with Gasteiger partial charge in [-0.05, 0) is 109 Å². The van der Waals surface area contributed by atoms with Crippen LogP contribution in [-0.4, -0.2) is 66.5 Å². The Balaban J connectivity index is 4.76. The Bertz CT molecular complexity index is 1490. The van der Waals surface area contributed by atoms with Gasteiger partial charge >= 0.3 is 25.7 Å². The van der Waals surface area contributed by atoms with Crippen LogP contribution >= 0.6 is 7.82 Å². The molecule has 72 heavy (non-hydrogen) atoms. The number of carbonyl (C=O) groups is 3. The van der Waals surface area contributed by atoms with Crippen LogP contribution in [0.5, 0.6) is 0 Å². The number of carbonyl (C=O) groups excluding carboxylic acids is 3. The molecule has 0 aliphatic heterocycles. The van der Waals surface area contributed by atoms with Crippen molar-refractivity contribution in [2.75, 3.05) is 26.4 Å². The summed E-state index contributed by atoms with van der Waals surface area (Å²) in [5.74, 6) is -1.52. The van der Waals surface area contributed by atoms with Crippen molar-refractivity contribution in [2.24, 2.45) is 0 Å². The van der Waals surface area contributed by atoms with Crippen molar-refractivity contribution in [3.8, 4) is 0 Å². The maximum Gasteiger partial charge on any atom is 0.472 e. The number of hydrogen-bond donors (Lipinski definition) is 2. The van der Waals surface area contributed by atoms with Gasteiger partial charge in [0.15, 0.2) is 6.10 Å². The minimum absolute atomic E-state index is 0.123. The molecule has 0 saturated carbocycles. The molecule has 0 spiro atoms. The lowest BCUT2D eigenvalue weighted by molar-refractivity contribution is -0.161. The van der Waals surface area contributed by atoms with Crippen LogP contribution in [-0.2, 0) is 42.2 Å². The lowest BCUT2D eigenvalue weighted by Crippen LogP contribution is -2.30. The third-order valence-corrected chi connectivity index (χ3v) is 13.0. The Morgan fingerprint density at radius 1 is 0.403 bits per heavy atom. The second-order valence-corrected chi connectivity index (χ2v) is 20.5. The van der Waals surface area contributed by atoms with Crippen molar-refractivity contribution in [1.29, 1.82) is 0 Å². The first-order chi connectivity index (χ1) is 35.2. The summed E-state index contributed by atoms with van der Waals surface area (Å²) >= 11 is 0. The van der Waals surface area contributed by atoms with E-state index in [2.05, 4.69) is 93.7 Å².